The number of benzene rings is 1. The normalized spacial score (nSPS) is 12.4. The second-order valence-corrected chi connectivity index (χ2v) is 4.80. The summed E-state index contributed by atoms with van der Waals surface area (Å²) >= 11 is 3.42. The minimum atomic E-state index is -0.560. The van der Waals surface area contributed by atoms with Crippen molar-refractivity contribution >= 4 is 15.9 Å². The van der Waals surface area contributed by atoms with E-state index in [4.69, 9.17) is 0 Å². The fourth-order valence-corrected chi connectivity index (χ4v) is 2.34. The van der Waals surface area contributed by atoms with Crippen molar-refractivity contribution in [3.05, 3.63) is 65.5 Å². The van der Waals surface area contributed by atoms with Gasteiger partial charge in [-0.05, 0) is 30.2 Å². The lowest BCUT2D eigenvalue weighted by Crippen LogP contribution is -1.99. The van der Waals surface area contributed by atoms with Gasteiger partial charge >= 0.3 is 0 Å². The molecule has 0 fully saturated rings. The number of nitrogens with zero attached hydrogens (tertiary/aromatic N) is 1. The molecular weight excluding hydrogens is 288 g/mol. The summed E-state index contributed by atoms with van der Waals surface area (Å²) in [5.74, 6) is -1.09. The Bertz CT molecular complexity index is 502. The maximum absolute atomic E-state index is 13.5. The van der Waals surface area contributed by atoms with E-state index in [9.17, 15) is 8.78 Å². The van der Waals surface area contributed by atoms with Crippen molar-refractivity contribution in [1.29, 1.82) is 0 Å². The number of rotatable bonds is 3. The van der Waals surface area contributed by atoms with E-state index in [2.05, 4.69) is 20.9 Å². The van der Waals surface area contributed by atoms with Crippen LogP contribution in [-0.2, 0) is 6.42 Å². The fraction of sp³-hybridized carbons (Fsp3) is 0.154. The molecule has 0 aliphatic rings. The van der Waals surface area contributed by atoms with Crippen LogP contribution in [0.15, 0.2) is 42.7 Å². The summed E-state index contributed by atoms with van der Waals surface area (Å²) in [6.07, 6.45) is 4.01. The average Bonchev–Trinajstić information content (AvgIpc) is 2.30. The molecule has 2 rings (SSSR count). The molecule has 1 atom stereocenters. The maximum atomic E-state index is 13.5. The molecule has 2 aromatic rings. The lowest BCUT2D eigenvalue weighted by Gasteiger charge is -2.11. The van der Waals surface area contributed by atoms with Gasteiger partial charge in [-0.25, -0.2) is 8.78 Å². The van der Waals surface area contributed by atoms with E-state index in [1.54, 1.807) is 12.4 Å². The molecule has 0 saturated heterocycles. The van der Waals surface area contributed by atoms with Gasteiger partial charge in [0, 0.05) is 28.9 Å². The Morgan fingerprint density at radius 2 is 1.82 bits per heavy atom. The van der Waals surface area contributed by atoms with Crippen LogP contribution in [0, 0.1) is 11.6 Å². The largest absolute Gasteiger partial charge is 0.265 e. The Labute approximate surface area is 107 Å². The van der Waals surface area contributed by atoms with E-state index in [1.807, 2.05) is 12.1 Å². The third-order valence-electron chi connectivity index (χ3n) is 2.46. The van der Waals surface area contributed by atoms with Crippen molar-refractivity contribution in [3.8, 4) is 0 Å². The fourth-order valence-electron chi connectivity index (χ4n) is 1.59. The summed E-state index contributed by atoms with van der Waals surface area (Å²) in [5.41, 5.74) is 1.51. The molecular formula is C13H10BrF2N. The molecule has 0 bridgehead atoms. The van der Waals surface area contributed by atoms with Crippen LogP contribution in [0.4, 0.5) is 8.78 Å². The van der Waals surface area contributed by atoms with Gasteiger partial charge in [-0.1, -0.05) is 22.0 Å². The van der Waals surface area contributed by atoms with Crippen LogP contribution in [0.3, 0.4) is 0 Å². The van der Waals surface area contributed by atoms with Gasteiger partial charge in [0.1, 0.15) is 11.6 Å². The Kier molecular flexibility index (Phi) is 3.84. The number of hydrogen-bond acceptors (Lipinski definition) is 1. The van der Waals surface area contributed by atoms with Gasteiger partial charge in [-0.15, -0.1) is 0 Å². The van der Waals surface area contributed by atoms with Gasteiger partial charge in [-0.3, -0.25) is 4.98 Å². The van der Waals surface area contributed by atoms with Gasteiger partial charge in [0.05, 0.1) is 0 Å². The maximum Gasteiger partial charge on any atom is 0.130 e. The van der Waals surface area contributed by atoms with Crippen LogP contribution in [0.25, 0.3) is 0 Å². The summed E-state index contributed by atoms with van der Waals surface area (Å²) in [6.45, 7) is 0. The first-order valence-corrected chi connectivity index (χ1v) is 6.06. The van der Waals surface area contributed by atoms with Crippen molar-refractivity contribution in [2.45, 2.75) is 11.2 Å². The SMILES string of the molecule is Fc1ccc(C(Br)Cc2ccncc2)c(F)c1. The molecule has 0 N–H and O–H groups in total. The summed E-state index contributed by atoms with van der Waals surface area (Å²) in [6, 6.07) is 7.37. The zero-order valence-electron chi connectivity index (χ0n) is 8.91. The topological polar surface area (TPSA) is 12.9 Å². The molecule has 1 heterocycles. The zero-order valence-corrected chi connectivity index (χ0v) is 10.5. The Morgan fingerprint density at radius 3 is 2.47 bits per heavy atom. The molecule has 0 radical (unpaired) electrons. The van der Waals surface area contributed by atoms with Crippen molar-refractivity contribution < 1.29 is 8.78 Å². The first kappa shape index (κ1) is 12.2. The number of halogens is 3. The number of alkyl halides is 1. The molecule has 0 aliphatic heterocycles. The molecule has 0 amide bonds. The van der Waals surface area contributed by atoms with Crippen LogP contribution in [0.5, 0.6) is 0 Å². The van der Waals surface area contributed by atoms with Crippen LogP contribution in [0.2, 0.25) is 0 Å². The van der Waals surface area contributed by atoms with Crippen LogP contribution >= 0.6 is 15.9 Å². The third kappa shape index (κ3) is 3.09. The molecule has 17 heavy (non-hydrogen) atoms. The smallest absolute Gasteiger partial charge is 0.130 e. The van der Waals surface area contributed by atoms with E-state index in [0.717, 1.165) is 11.6 Å². The van der Waals surface area contributed by atoms with Gasteiger partial charge in [0.25, 0.3) is 0 Å². The number of hydrogen-bond donors (Lipinski definition) is 0. The van der Waals surface area contributed by atoms with Crippen molar-refractivity contribution in [2.24, 2.45) is 0 Å². The van der Waals surface area contributed by atoms with E-state index in [0.29, 0.717) is 12.0 Å². The van der Waals surface area contributed by atoms with Gasteiger partial charge in [-0.2, -0.15) is 0 Å². The highest BCUT2D eigenvalue weighted by atomic mass is 79.9. The van der Waals surface area contributed by atoms with E-state index in [-0.39, 0.29) is 4.83 Å². The lowest BCUT2D eigenvalue weighted by atomic mass is 10.0. The molecule has 1 aromatic heterocycles. The molecule has 88 valence electrons. The summed E-state index contributed by atoms with van der Waals surface area (Å²) in [7, 11) is 0. The Morgan fingerprint density at radius 1 is 1.12 bits per heavy atom. The molecule has 1 unspecified atom stereocenters. The van der Waals surface area contributed by atoms with E-state index < -0.39 is 11.6 Å². The van der Waals surface area contributed by atoms with Crippen molar-refractivity contribution in [2.75, 3.05) is 0 Å². The Balaban J connectivity index is 2.17. The van der Waals surface area contributed by atoms with Crippen LogP contribution in [-0.4, -0.2) is 4.98 Å². The summed E-state index contributed by atoms with van der Waals surface area (Å²) in [4.78, 5) is 3.74. The lowest BCUT2D eigenvalue weighted by molar-refractivity contribution is 0.571. The standard InChI is InChI=1S/C13H10BrF2N/c14-12(7-9-3-5-17-6-4-9)11-2-1-10(15)8-13(11)16/h1-6,8,12H,7H2. The van der Waals surface area contributed by atoms with Gasteiger partial charge < -0.3 is 0 Å². The molecule has 4 heteroatoms. The van der Waals surface area contributed by atoms with E-state index in [1.165, 1.54) is 12.1 Å². The monoisotopic (exact) mass is 297 g/mol. The summed E-state index contributed by atoms with van der Waals surface area (Å²) < 4.78 is 26.3. The molecule has 0 saturated carbocycles. The first-order valence-electron chi connectivity index (χ1n) is 5.15. The van der Waals surface area contributed by atoms with Crippen molar-refractivity contribution in [1.82, 2.24) is 4.98 Å². The second-order valence-electron chi connectivity index (χ2n) is 3.69. The molecule has 1 nitrogen and oxygen atoms in total. The highest BCUT2D eigenvalue weighted by molar-refractivity contribution is 9.09. The molecule has 0 aliphatic carbocycles. The average molecular weight is 298 g/mol. The number of pyridine rings is 1. The third-order valence-corrected chi connectivity index (χ3v) is 3.28. The van der Waals surface area contributed by atoms with E-state index >= 15 is 0 Å². The highest BCUT2D eigenvalue weighted by Crippen LogP contribution is 2.29. The minimum Gasteiger partial charge on any atom is -0.265 e. The van der Waals surface area contributed by atoms with Gasteiger partial charge in [0.15, 0.2) is 0 Å². The summed E-state index contributed by atoms with van der Waals surface area (Å²) in [5, 5.41) is 0. The minimum absolute atomic E-state index is 0.175. The highest BCUT2D eigenvalue weighted by Gasteiger charge is 2.13. The van der Waals surface area contributed by atoms with Gasteiger partial charge in [0.2, 0.25) is 0 Å². The predicted octanol–water partition coefficient (Wildman–Crippen LogP) is 4.04. The number of aromatic nitrogens is 1. The Hall–Kier alpha value is -1.29. The van der Waals surface area contributed by atoms with Crippen LogP contribution in [0.1, 0.15) is 16.0 Å². The quantitative estimate of drug-likeness (QED) is 0.779. The molecule has 1 aromatic carbocycles. The molecule has 0 spiro atoms. The zero-order chi connectivity index (χ0) is 12.3. The van der Waals surface area contributed by atoms with Crippen molar-refractivity contribution in [3.63, 3.8) is 0 Å². The predicted molar refractivity (Wildman–Crippen MR) is 66.0 cm³/mol. The second kappa shape index (κ2) is 5.36. The first-order chi connectivity index (χ1) is 8.16. The van der Waals surface area contributed by atoms with Crippen LogP contribution < -0.4 is 0 Å².